The van der Waals surface area contributed by atoms with Gasteiger partial charge in [0.05, 0.1) is 0 Å². The summed E-state index contributed by atoms with van der Waals surface area (Å²) in [6.45, 7) is 2.22. The van der Waals surface area contributed by atoms with Gasteiger partial charge in [-0.1, -0.05) is 76.6 Å². The molecule has 0 saturated carbocycles. The minimum atomic E-state index is 0.387. The predicted octanol–water partition coefficient (Wildman–Crippen LogP) is 5.92. The van der Waals surface area contributed by atoms with Crippen molar-refractivity contribution >= 4 is 26.7 Å². The zero-order valence-corrected chi connectivity index (χ0v) is 13.6. The summed E-state index contributed by atoms with van der Waals surface area (Å²) in [7, 11) is 0. The average Bonchev–Trinajstić information content (AvgIpc) is 2.48. The number of hydrogen-bond donors (Lipinski definition) is 0. The van der Waals surface area contributed by atoms with Crippen molar-refractivity contribution in [3.05, 3.63) is 82.9 Å². The Labute approximate surface area is 133 Å². The molecule has 1 aliphatic rings. The monoisotopic (exact) mass is 336 g/mol. The fourth-order valence-corrected chi connectivity index (χ4v) is 4.61. The van der Waals surface area contributed by atoms with Gasteiger partial charge < -0.3 is 0 Å². The van der Waals surface area contributed by atoms with Crippen LogP contribution in [0.5, 0.6) is 0 Å². The highest BCUT2D eigenvalue weighted by atomic mass is 79.9. The second-order valence-corrected chi connectivity index (χ2v) is 6.91. The second-order valence-electron chi connectivity index (χ2n) is 5.93. The molecular weight excluding hydrogens is 320 g/mol. The molecule has 0 amide bonds. The molecule has 104 valence electrons. The largest absolute Gasteiger partial charge is 0.0832 e. The van der Waals surface area contributed by atoms with Gasteiger partial charge >= 0.3 is 0 Å². The van der Waals surface area contributed by atoms with E-state index in [0.29, 0.717) is 10.7 Å². The Bertz CT molecular complexity index is 819. The van der Waals surface area contributed by atoms with Crippen molar-refractivity contribution in [1.82, 2.24) is 0 Å². The van der Waals surface area contributed by atoms with Crippen LogP contribution in [0.3, 0.4) is 0 Å². The van der Waals surface area contributed by atoms with E-state index in [1.165, 1.54) is 39.4 Å². The van der Waals surface area contributed by atoms with Crippen molar-refractivity contribution in [3.8, 4) is 0 Å². The van der Waals surface area contributed by atoms with E-state index in [9.17, 15) is 0 Å². The molecule has 2 atom stereocenters. The fraction of sp³-hybridized carbons (Fsp3) is 0.200. The highest BCUT2D eigenvalue weighted by molar-refractivity contribution is 9.09. The maximum Gasteiger partial charge on any atom is 0.0475 e. The lowest BCUT2D eigenvalue weighted by molar-refractivity contribution is 0.600. The minimum absolute atomic E-state index is 0.387. The van der Waals surface area contributed by atoms with Gasteiger partial charge in [0.1, 0.15) is 0 Å². The first kappa shape index (κ1) is 13.1. The maximum atomic E-state index is 4.00. The van der Waals surface area contributed by atoms with Crippen LogP contribution in [-0.2, 0) is 6.42 Å². The third-order valence-corrected chi connectivity index (χ3v) is 5.81. The summed E-state index contributed by atoms with van der Waals surface area (Å²) in [5, 5.41) is 2.71. The third-order valence-electron chi connectivity index (χ3n) is 4.71. The topological polar surface area (TPSA) is 0 Å². The van der Waals surface area contributed by atoms with E-state index in [4.69, 9.17) is 0 Å². The van der Waals surface area contributed by atoms with E-state index < -0.39 is 0 Å². The molecule has 0 fully saturated rings. The van der Waals surface area contributed by atoms with E-state index in [1.807, 2.05) is 0 Å². The number of aryl methyl sites for hydroxylation is 1. The fourth-order valence-electron chi connectivity index (χ4n) is 3.53. The van der Waals surface area contributed by atoms with Gasteiger partial charge in [0.25, 0.3) is 0 Å². The van der Waals surface area contributed by atoms with E-state index in [-0.39, 0.29) is 0 Å². The summed E-state index contributed by atoms with van der Waals surface area (Å²) in [5.41, 5.74) is 5.84. The molecule has 0 spiro atoms. The molecular formula is C20H17Br. The van der Waals surface area contributed by atoms with E-state index >= 15 is 0 Å². The molecule has 0 aromatic heterocycles. The van der Waals surface area contributed by atoms with Gasteiger partial charge in [-0.15, -0.1) is 0 Å². The van der Waals surface area contributed by atoms with Crippen LogP contribution in [0.15, 0.2) is 60.7 Å². The molecule has 3 aromatic rings. The zero-order valence-electron chi connectivity index (χ0n) is 12.0. The van der Waals surface area contributed by atoms with Crippen LogP contribution in [0.25, 0.3) is 10.8 Å². The van der Waals surface area contributed by atoms with Gasteiger partial charge in [0, 0.05) is 10.7 Å². The molecule has 0 heterocycles. The van der Waals surface area contributed by atoms with E-state index in [1.54, 1.807) is 0 Å². The molecule has 0 radical (unpaired) electrons. The summed E-state index contributed by atoms with van der Waals surface area (Å²) in [6.07, 6.45) is 1.18. The van der Waals surface area contributed by atoms with Crippen LogP contribution in [0.4, 0.5) is 0 Å². The Balaban J connectivity index is 1.82. The lowest BCUT2D eigenvalue weighted by Gasteiger charge is -2.35. The summed E-state index contributed by atoms with van der Waals surface area (Å²) < 4.78 is 0. The molecule has 0 nitrogen and oxygen atoms in total. The Kier molecular flexibility index (Phi) is 3.11. The molecule has 21 heavy (non-hydrogen) atoms. The van der Waals surface area contributed by atoms with Crippen molar-refractivity contribution in [3.63, 3.8) is 0 Å². The first-order valence-electron chi connectivity index (χ1n) is 7.46. The lowest BCUT2D eigenvalue weighted by Crippen LogP contribution is -2.21. The number of hydrogen-bond acceptors (Lipinski definition) is 0. The Morgan fingerprint density at radius 2 is 1.71 bits per heavy atom. The van der Waals surface area contributed by atoms with Crippen molar-refractivity contribution in [2.75, 3.05) is 0 Å². The SMILES string of the molecule is Cc1ccc2ccccc2c1C(Br)C1Cc2ccccc21. The molecule has 1 aliphatic carbocycles. The van der Waals surface area contributed by atoms with Gasteiger partial charge in [0.15, 0.2) is 0 Å². The smallest absolute Gasteiger partial charge is 0.0475 e. The van der Waals surface area contributed by atoms with Gasteiger partial charge in [-0.2, -0.15) is 0 Å². The average molecular weight is 337 g/mol. The van der Waals surface area contributed by atoms with Crippen LogP contribution in [-0.4, -0.2) is 0 Å². The Morgan fingerprint density at radius 3 is 2.57 bits per heavy atom. The van der Waals surface area contributed by atoms with Gasteiger partial charge in [-0.25, -0.2) is 0 Å². The third kappa shape index (κ3) is 2.03. The standard InChI is InChI=1S/C20H17Br/c1-13-10-11-14-6-2-5-9-17(14)19(13)20(21)18-12-15-7-3-4-8-16(15)18/h2-11,18,20H,12H2,1H3. The summed E-state index contributed by atoms with van der Waals surface area (Å²) in [6, 6.07) is 22.0. The molecule has 0 N–H and O–H groups in total. The number of rotatable bonds is 2. The summed E-state index contributed by atoms with van der Waals surface area (Å²) >= 11 is 4.00. The number of fused-ring (bicyclic) bond motifs is 2. The zero-order chi connectivity index (χ0) is 14.4. The molecule has 4 rings (SSSR count). The molecule has 1 heteroatoms. The van der Waals surface area contributed by atoms with Crippen LogP contribution < -0.4 is 0 Å². The maximum absolute atomic E-state index is 4.00. The Morgan fingerprint density at radius 1 is 0.952 bits per heavy atom. The summed E-state index contributed by atoms with van der Waals surface area (Å²) in [5.74, 6) is 0.589. The minimum Gasteiger partial charge on any atom is -0.0832 e. The van der Waals surface area contributed by atoms with Crippen LogP contribution >= 0.6 is 15.9 Å². The van der Waals surface area contributed by atoms with E-state index in [0.717, 1.165) is 0 Å². The van der Waals surface area contributed by atoms with Gasteiger partial charge in [-0.3, -0.25) is 0 Å². The molecule has 3 aromatic carbocycles. The Hall–Kier alpha value is -1.60. The quantitative estimate of drug-likeness (QED) is 0.509. The van der Waals surface area contributed by atoms with Crippen molar-refractivity contribution in [1.29, 1.82) is 0 Å². The molecule has 2 unspecified atom stereocenters. The first-order valence-corrected chi connectivity index (χ1v) is 8.37. The highest BCUT2D eigenvalue weighted by Gasteiger charge is 2.33. The second kappa shape index (κ2) is 4.99. The van der Waals surface area contributed by atoms with Gasteiger partial charge in [-0.05, 0) is 46.4 Å². The van der Waals surface area contributed by atoms with Crippen LogP contribution in [0.2, 0.25) is 0 Å². The molecule has 0 bridgehead atoms. The van der Waals surface area contributed by atoms with Gasteiger partial charge in [0.2, 0.25) is 0 Å². The normalized spacial score (nSPS) is 18.1. The number of benzene rings is 3. The van der Waals surface area contributed by atoms with Crippen LogP contribution in [0, 0.1) is 6.92 Å². The van der Waals surface area contributed by atoms with E-state index in [2.05, 4.69) is 83.5 Å². The first-order chi connectivity index (χ1) is 10.3. The number of halogens is 1. The van der Waals surface area contributed by atoms with Crippen molar-refractivity contribution in [2.45, 2.75) is 24.1 Å². The number of alkyl halides is 1. The van der Waals surface area contributed by atoms with Crippen molar-refractivity contribution in [2.24, 2.45) is 0 Å². The summed E-state index contributed by atoms with van der Waals surface area (Å²) in [4.78, 5) is 0.387. The van der Waals surface area contributed by atoms with Crippen molar-refractivity contribution < 1.29 is 0 Å². The predicted molar refractivity (Wildman–Crippen MR) is 93.2 cm³/mol. The lowest BCUT2D eigenvalue weighted by atomic mass is 9.73. The van der Waals surface area contributed by atoms with Crippen LogP contribution in [0.1, 0.15) is 33.0 Å². The molecule has 0 saturated heterocycles. The highest BCUT2D eigenvalue weighted by Crippen LogP contribution is 2.49. The molecule has 0 aliphatic heterocycles.